The van der Waals surface area contributed by atoms with Crippen LogP contribution in [0, 0.1) is 5.92 Å². The molecule has 1 fully saturated rings. The van der Waals surface area contributed by atoms with Gasteiger partial charge in [0.1, 0.15) is 5.78 Å². The first-order valence-electron chi connectivity index (χ1n) is 7.34. The highest BCUT2D eigenvalue weighted by Gasteiger charge is 2.21. The van der Waals surface area contributed by atoms with E-state index < -0.39 is 0 Å². The molecule has 19 heavy (non-hydrogen) atoms. The van der Waals surface area contributed by atoms with Crippen LogP contribution < -0.4 is 0 Å². The highest BCUT2D eigenvalue weighted by molar-refractivity contribution is 5.91. The quantitative estimate of drug-likeness (QED) is 0.784. The minimum absolute atomic E-state index is 0.313. The van der Waals surface area contributed by atoms with Crippen molar-refractivity contribution in [3.05, 3.63) is 48.0 Å². The second kappa shape index (κ2) is 5.56. The Morgan fingerprint density at radius 3 is 2.53 bits per heavy atom. The third kappa shape index (κ3) is 2.70. The molecule has 2 aromatic rings. The lowest BCUT2D eigenvalue weighted by Gasteiger charge is -2.20. The second-order valence-electron chi connectivity index (χ2n) is 5.62. The molecule has 1 aliphatic rings. The summed E-state index contributed by atoms with van der Waals surface area (Å²) in [6.45, 7) is 0. The Morgan fingerprint density at radius 2 is 1.68 bits per heavy atom. The fraction of sp³-hybridized carbons (Fsp3) is 0.389. The van der Waals surface area contributed by atoms with Crippen LogP contribution in [-0.4, -0.2) is 5.78 Å². The molecule has 0 amide bonds. The lowest BCUT2D eigenvalue weighted by molar-refractivity contribution is -0.123. The van der Waals surface area contributed by atoms with Crippen LogP contribution in [-0.2, 0) is 11.2 Å². The summed E-state index contributed by atoms with van der Waals surface area (Å²) in [7, 11) is 0. The molecule has 0 atom stereocenters. The van der Waals surface area contributed by atoms with E-state index in [2.05, 4.69) is 42.5 Å². The summed E-state index contributed by atoms with van der Waals surface area (Å²) in [4.78, 5) is 12.4. The maximum absolute atomic E-state index is 12.4. The average molecular weight is 252 g/mol. The van der Waals surface area contributed by atoms with Gasteiger partial charge in [-0.05, 0) is 29.2 Å². The molecule has 0 aliphatic heterocycles. The molecule has 1 heteroatoms. The van der Waals surface area contributed by atoms with Crippen molar-refractivity contribution in [3.63, 3.8) is 0 Å². The zero-order valence-corrected chi connectivity index (χ0v) is 11.3. The second-order valence-corrected chi connectivity index (χ2v) is 5.62. The van der Waals surface area contributed by atoms with E-state index in [0.29, 0.717) is 18.1 Å². The van der Waals surface area contributed by atoms with Crippen LogP contribution >= 0.6 is 0 Å². The zero-order valence-electron chi connectivity index (χ0n) is 11.3. The number of hydrogen-bond acceptors (Lipinski definition) is 1. The van der Waals surface area contributed by atoms with E-state index in [4.69, 9.17) is 0 Å². The fourth-order valence-electron chi connectivity index (χ4n) is 3.20. The molecule has 0 N–H and O–H groups in total. The van der Waals surface area contributed by atoms with Gasteiger partial charge in [0.05, 0.1) is 0 Å². The predicted octanol–water partition coefficient (Wildman–Crippen LogP) is 4.53. The standard InChI is InChI=1S/C18H20O/c19-18(15-8-2-1-3-9-15)13-16-11-6-10-14-7-4-5-12-17(14)16/h4-7,10-12,15H,1-3,8-9,13H2. The van der Waals surface area contributed by atoms with Crippen LogP contribution in [0.5, 0.6) is 0 Å². The third-order valence-corrected chi connectivity index (χ3v) is 4.31. The van der Waals surface area contributed by atoms with Crippen molar-refractivity contribution < 1.29 is 4.79 Å². The first kappa shape index (κ1) is 12.4. The smallest absolute Gasteiger partial charge is 0.140 e. The van der Waals surface area contributed by atoms with E-state index in [1.54, 1.807) is 0 Å². The van der Waals surface area contributed by atoms with Crippen LogP contribution in [0.3, 0.4) is 0 Å². The monoisotopic (exact) mass is 252 g/mol. The normalized spacial score (nSPS) is 16.6. The number of rotatable bonds is 3. The van der Waals surface area contributed by atoms with Gasteiger partial charge in [-0.3, -0.25) is 4.79 Å². The van der Waals surface area contributed by atoms with Gasteiger partial charge < -0.3 is 0 Å². The van der Waals surface area contributed by atoms with E-state index >= 15 is 0 Å². The summed E-state index contributed by atoms with van der Waals surface area (Å²) in [5, 5.41) is 2.46. The van der Waals surface area contributed by atoms with Gasteiger partial charge in [0, 0.05) is 12.3 Å². The van der Waals surface area contributed by atoms with Crippen LogP contribution in [0.25, 0.3) is 10.8 Å². The molecular formula is C18H20O. The van der Waals surface area contributed by atoms with Gasteiger partial charge in [0.15, 0.2) is 0 Å². The lowest BCUT2D eigenvalue weighted by Crippen LogP contribution is -2.19. The lowest BCUT2D eigenvalue weighted by atomic mass is 9.84. The molecule has 0 aromatic heterocycles. The minimum atomic E-state index is 0.313. The molecule has 0 unspecified atom stereocenters. The van der Waals surface area contributed by atoms with Crippen LogP contribution in [0.2, 0.25) is 0 Å². The summed E-state index contributed by atoms with van der Waals surface area (Å²) in [6.07, 6.45) is 6.56. The topological polar surface area (TPSA) is 17.1 Å². The molecule has 3 rings (SSSR count). The largest absolute Gasteiger partial charge is 0.299 e. The average Bonchev–Trinajstić information content (AvgIpc) is 2.48. The molecule has 0 radical (unpaired) electrons. The van der Waals surface area contributed by atoms with E-state index in [1.165, 1.54) is 35.6 Å². The van der Waals surface area contributed by atoms with E-state index in [0.717, 1.165) is 12.8 Å². The van der Waals surface area contributed by atoms with Crippen molar-refractivity contribution in [2.45, 2.75) is 38.5 Å². The molecule has 98 valence electrons. The van der Waals surface area contributed by atoms with Gasteiger partial charge in [0.2, 0.25) is 0 Å². The molecule has 1 aliphatic carbocycles. The Kier molecular flexibility index (Phi) is 3.63. The van der Waals surface area contributed by atoms with Crippen molar-refractivity contribution >= 4 is 16.6 Å². The van der Waals surface area contributed by atoms with Crippen molar-refractivity contribution in [2.24, 2.45) is 5.92 Å². The summed E-state index contributed by atoms with van der Waals surface area (Å²) in [5.74, 6) is 0.753. The maximum Gasteiger partial charge on any atom is 0.140 e. The molecule has 1 nitrogen and oxygen atoms in total. The number of carbonyl (C=O) groups is 1. The van der Waals surface area contributed by atoms with Crippen LogP contribution in [0.1, 0.15) is 37.7 Å². The summed E-state index contributed by atoms with van der Waals surface area (Å²) < 4.78 is 0. The van der Waals surface area contributed by atoms with Gasteiger partial charge in [0.25, 0.3) is 0 Å². The Balaban J connectivity index is 1.82. The van der Waals surface area contributed by atoms with E-state index in [-0.39, 0.29) is 0 Å². The SMILES string of the molecule is O=C(Cc1cccc2ccccc12)C1CCCCC1. The first-order chi connectivity index (χ1) is 9.34. The Labute approximate surface area is 114 Å². The molecule has 1 saturated carbocycles. The highest BCUT2D eigenvalue weighted by atomic mass is 16.1. The Hall–Kier alpha value is -1.63. The highest BCUT2D eigenvalue weighted by Crippen LogP contribution is 2.27. The number of hydrogen-bond donors (Lipinski definition) is 0. The number of carbonyl (C=O) groups excluding carboxylic acids is 1. The fourth-order valence-corrected chi connectivity index (χ4v) is 3.20. The molecule has 0 heterocycles. The van der Waals surface area contributed by atoms with Crippen LogP contribution in [0.4, 0.5) is 0 Å². The van der Waals surface area contributed by atoms with E-state index in [9.17, 15) is 4.79 Å². The minimum Gasteiger partial charge on any atom is -0.299 e. The van der Waals surface area contributed by atoms with E-state index in [1.807, 2.05) is 0 Å². The van der Waals surface area contributed by atoms with Gasteiger partial charge in [-0.1, -0.05) is 61.7 Å². The molecule has 0 spiro atoms. The molecule has 0 bridgehead atoms. The number of ketones is 1. The predicted molar refractivity (Wildman–Crippen MR) is 79.2 cm³/mol. The van der Waals surface area contributed by atoms with Gasteiger partial charge in [-0.2, -0.15) is 0 Å². The number of fused-ring (bicyclic) bond motifs is 1. The zero-order chi connectivity index (χ0) is 13.1. The summed E-state index contributed by atoms with van der Waals surface area (Å²) >= 11 is 0. The molecular weight excluding hydrogens is 232 g/mol. The Bertz CT molecular complexity index is 574. The van der Waals surface area contributed by atoms with Gasteiger partial charge in [-0.15, -0.1) is 0 Å². The van der Waals surface area contributed by atoms with Crippen LogP contribution in [0.15, 0.2) is 42.5 Å². The Morgan fingerprint density at radius 1 is 0.947 bits per heavy atom. The van der Waals surface area contributed by atoms with Gasteiger partial charge in [-0.25, -0.2) is 0 Å². The van der Waals surface area contributed by atoms with Crippen molar-refractivity contribution in [1.82, 2.24) is 0 Å². The number of Topliss-reactive ketones (excluding diaryl/α,β-unsaturated/α-hetero) is 1. The molecule has 2 aromatic carbocycles. The van der Waals surface area contributed by atoms with Crippen molar-refractivity contribution in [1.29, 1.82) is 0 Å². The number of benzene rings is 2. The summed E-state index contributed by atoms with van der Waals surface area (Å²) in [5.41, 5.74) is 1.19. The van der Waals surface area contributed by atoms with Crippen molar-refractivity contribution in [3.8, 4) is 0 Å². The van der Waals surface area contributed by atoms with Crippen molar-refractivity contribution in [2.75, 3.05) is 0 Å². The molecule has 0 saturated heterocycles. The van der Waals surface area contributed by atoms with Gasteiger partial charge >= 0.3 is 0 Å². The maximum atomic E-state index is 12.4. The third-order valence-electron chi connectivity index (χ3n) is 4.31. The summed E-state index contributed by atoms with van der Waals surface area (Å²) in [6, 6.07) is 14.6. The first-order valence-corrected chi connectivity index (χ1v) is 7.34.